The first kappa shape index (κ1) is 22.5. The Morgan fingerprint density at radius 2 is 1.57 bits per heavy atom. The van der Waals surface area contributed by atoms with Gasteiger partial charge in [-0.1, -0.05) is 54.1 Å². The number of aromatic nitrogens is 3. The molecule has 2 heterocycles. The topological polar surface area (TPSA) is 79.0 Å². The van der Waals surface area contributed by atoms with Crippen LogP contribution in [0.15, 0.2) is 77.6 Å². The number of aromatic amines is 1. The molecular formula is C29H26N4O2. The fraction of sp³-hybridized carbons (Fsp3) is 0.172. The number of pyridine rings is 1. The molecule has 0 saturated carbocycles. The van der Waals surface area contributed by atoms with Gasteiger partial charge in [-0.15, -0.1) is 0 Å². The summed E-state index contributed by atoms with van der Waals surface area (Å²) < 4.78 is 0. The lowest BCUT2D eigenvalue weighted by Gasteiger charge is -2.22. The van der Waals surface area contributed by atoms with E-state index in [0.717, 1.165) is 27.7 Å². The standard InChI is InChI=1S/C29H26N4O2/c1-4-33(17-27-31-25-12-8-6-10-22(25)28(34)32-27)29(35)23-16-26(20-14-13-18(2)15-19(20)3)30-24-11-7-5-9-21(23)24/h5-16H,4,17H2,1-3H3,(H,31,32,34). The SMILES string of the molecule is CCN(Cc1nc2ccccc2c(=O)[nH]1)C(=O)c1cc(-c2ccc(C)cc2C)nc2ccccc12. The van der Waals surface area contributed by atoms with E-state index < -0.39 is 0 Å². The molecule has 3 aromatic carbocycles. The van der Waals surface area contributed by atoms with Crippen molar-refractivity contribution in [1.29, 1.82) is 0 Å². The number of nitrogens with one attached hydrogen (secondary N) is 1. The zero-order chi connectivity index (χ0) is 24.5. The molecule has 0 saturated heterocycles. The summed E-state index contributed by atoms with van der Waals surface area (Å²) in [4.78, 5) is 40.4. The van der Waals surface area contributed by atoms with E-state index in [-0.39, 0.29) is 18.0 Å². The molecule has 35 heavy (non-hydrogen) atoms. The maximum absolute atomic E-state index is 13.8. The molecule has 0 spiro atoms. The predicted octanol–water partition coefficient (Wildman–Crippen LogP) is 5.42. The highest BCUT2D eigenvalue weighted by atomic mass is 16.2. The second-order valence-corrected chi connectivity index (χ2v) is 8.74. The van der Waals surface area contributed by atoms with Gasteiger partial charge in [0.15, 0.2) is 0 Å². The van der Waals surface area contributed by atoms with Gasteiger partial charge in [0.1, 0.15) is 5.82 Å². The van der Waals surface area contributed by atoms with Crippen molar-refractivity contribution in [2.24, 2.45) is 0 Å². The molecule has 0 atom stereocenters. The van der Waals surface area contributed by atoms with Crippen molar-refractivity contribution in [3.63, 3.8) is 0 Å². The van der Waals surface area contributed by atoms with Crippen LogP contribution in [0, 0.1) is 13.8 Å². The third-order valence-electron chi connectivity index (χ3n) is 6.28. The van der Waals surface area contributed by atoms with Gasteiger partial charge in [-0.05, 0) is 50.6 Å². The Morgan fingerprint density at radius 1 is 0.886 bits per heavy atom. The van der Waals surface area contributed by atoms with Crippen molar-refractivity contribution in [2.75, 3.05) is 6.54 Å². The molecular weight excluding hydrogens is 436 g/mol. The molecule has 0 aliphatic heterocycles. The first-order valence-corrected chi connectivity index (χ1v) is 11.7. The van der Waals surface area contributed by atoms with Gasteiger partial charge >= 0.3 is 0 Å². The average Bonchev–Trinajstić information content (AvgIpc) is 2.86. The number of para-hydroxylation sites is 2. The second-order valence-electron chi connectivity index (χ2n) is 8.74. The number of amides is 1. The molecule has 0 bridgehead atoms. The minimum atomic E-state index is -0.208. The Morgan fingerprint density at radius 3 is 2.29 bits per heavy atom. The minimum Gasteiger partial charge on any atom is -0.331 e. The van der Waals surface area contributed by atoms with Gasteiger partial charge in [0.05, 0.1) is 34.2 Å². The van der Waals surface area contributed by atoms with Crippen molar-refractivity contribution >= 4 is 27.7 Å². The summed E-state index contributed by atoms with van der Waals surface area (Å²) in [5, 5.41) is 1.33. The minimum absolute atomic E-state index is 0.132. The highest BCUT2D eigenvalue weighted by Crippen LogP contribution is 2.28. The number of H-pyrrole nitrogens is 1. The van der Waals surface area contributed by atoms with E-state index in [9.17, 15) is 9.59 Å². The monoisotopic (exact) mass is 462 g/mol. The number of benzene rings is 3. The van der Waals surface area contributed by atoms with Crippen LogP contribution in [0.2, 0.25) is 0 Å². The molecule has 6 nitrogen and oxygen atoms in total. The van der Waals surface area contributed by atoms with Gasteiger partial charge in [0.2, 0.25) is 0 Å². The van der Waals surface area contributed by atoms with Gasteiger partial charge in [0.25, 0.3) is 11.5 Å². The Kier molecular flexibility index (Phi) is 5.87. The van der Waals surface area contributed by atoms with Gasteiger partial charge in [-0.25, -0.2) is 9.97 Å². The number of fused-ring (bicyclic) bond motifs is 2. The lowest BCUT2D eigenvalue weighted by molar-refractivity contribution is 0.0750. The Hall–Kier alpha value is -4.32. The van der Waals surface area contributed by atoms with E-state index in [1.54, 1.807) is 17.0 Å². The van der Waals surface area contributed by atoms with Crippen molar-refractivity contribution in [1.82, 2.24) is 19.9 Å². The number of nitrogens with zero attached hydrogens (tertiary/aromatic N) is 3. The number of hydrogen-bond donors (Lipinski definition) is 1. The lowest BCUT2D eigenvalue weighted by Crippen LogP contribution is -2.32. The van der Waals surface area contributed by atoms with Crippen LogP contribution in [0.1, 0.15) is 34.2 Å². The van der Waals surface area contributed by atoms with E-state index in [1.807, 2.05) is 49.4 Å². The summed E-state index contributed by atoms with van der Waals surface area (Å²) in [6.07, 6.45) is 0. The zero-order valence-electron chi connectivity index (χ0n) is 20.0. The lowest BCUT2D eigenvalue weighted by atomic mass is 9.99. The number of aryl methyl sites for hydroxylation is 2. The van der Waals surface area contributed by atoms with Crippen LogP contribution in [0.25, 0.3) is 33.1 Å². The molecule has 0 aliphatic rings. The van der Waals surface area contributed by atoms with E-state index in [4.69, 9.17) is 4.98 Å². The van der Waals surface area contributed by atoms with Crippen molar-refractivity contribution in [3.8, 4) is 11.3 Å². The molecule has 0 radical (unpaired) electrons. The fourth-order valence-corrected chi connectivity index (χ4v) is 4.48. The average molecular weight is 463 g/mol. The number of rotatable bonds is 5. The summed E-state index contributed by atoms with van der Waals surface area (Å²) >= 11 is 0. The van der Waals surface area contributed by atoms with Crippen LogP contribution in [0.3, 0.4) is 0 Å². The van der Waals surface area contributed by atoms with Crippen LogP contribution in [0.4, 0.5) is 0 Å². The molecule has 5 aromatic rings. The summed E-state index contributed by atoms with van der Waals surface area (Å²) in [6.45, 7) is 6.70. The normalized spacial score (nSPS) is 11.2. The summed E-state index contributed by atoms with van der Waals surface area (Å²) in [6, 6.07) is 23.0. The summed E-state index contributed by atoms with van der Waals surface area (Å²) in [5.74, 6) is 0.324. The molecule has 0 aliphatic carbocycles. The predicted molar refractivity (Wildman–Crippen MR) is 139 cm³/mol. The first-order valence-electron chi connectivity index (χ1n) is 11.7. The molecule has 0 unspecified atom stereocenters. The number of hydrogen-bond acceptors (Lipinski definition) is 4. The molecule has 1 N–H and O–H groups in total. The fourth-order valence-electron chi connectivity index (χ4n) is 4.48. The number of carbonyl (C=O) groups excluding carboxylic acids is 1. The highest BCUT2D eigenvalue weighted by Gasteiger charge is 2.21. The van der Waals surface area contributed by atoms with E-state index in [0.29, 0.717) is 28.8 Å². The first-order chi connectivity index (χ1) is 16.9. The largest absolute Gasteiger partial charge is 0.331 e. The maximum Gasteiger partial charge on any atom is 0.258 e. The molecule has 1 amide bonds. The van der Waals surface area contributed by atoms with Crippen LogP contribution in [0.5, 0.6) is 0 Å². The van der Waals surface area contributed by atoms with Crippen LogP contribution >= 0.6 is 0 Å². The number of carbonyl (C=O) groups is 1. The Labute approximate surface area is 203 Å². The zero-order valence-corrected chi connectivity index (χ0v) is 20.0. The van der Waals surface area contributed by atoms with Crippen LogP contribution < -0.4 is 5.56 Å². The Balaban J connectivity index is 1.58. The second kappa shape index (κ2) is 9.14. The van der Waals surface area contributed by atoms with Gasteiger partial charge in [-0.3, -0.25) is 9.59 Å². The van der Waals surface area contributed by atoms with E-state index >= 15 is 0 Å². The molecule has 5 rings (SSSR count). The van der Waals surface area contributed by atoms with E-state index in [2.05, 4.69) is 42.0 Å². The molecule has 0 fully saturated rings. The van der Waals surface area contributed by atoms with Crippen LogP contribution in [-0.4, -0.2) is 32.3 Å². The highest BCUT2D eigenvalue weighted by molar-refractivity contribution is 6.07. The van der Waals surface area contributed by atoms with Crippen LogP contribution in [-0.2, 0) is 6.54 Å². The van der Waals surface area contributed by atoms with Gasteiger partial charge in [0, 0.05) is 17.5 Å². The Bertz CT molecular complexity index is 1640. The van der Waals surface area contributed by atoms with E-state index in [1.165, 1.54) is 5.56 Å². The maximum atomic E-state index is 13.8. The third kappa shape index (κ3) is 4.30. The van der Waals surface area contributed by atoms with Gasteiger partial charge in [-0.2, -0.15) is 0 Å². The smallest absolute Gasteiger partial charge is 0.258 e. The van der Waals surface area contributed by atoms with Gasteiger partial charge < -0.3 is 9.88 Å². The van der Waals surface area contributed by atoms with Crippen molar-refractivity contribution < 1.29 is 4.79 Å². The summed E-state index contributed by atoms with van der Waals surface area (Å²) in [7, 11) is 0. The van der Waals surface area contributed by atoms with Crippen molar-refractivity contribution in [2.45, 2.75) is 27.3 Å². The molecule has 2 aromatic heterocycles. The third-order valence-corrected chi connectivity index (χ3v) is 6.28. The summed E-state index contributed by atoms with van der Waals surface area (Å²) in [5.41, 5.74) is 5.80. The quantitative estimate of drug-likeness (QED) is 0.378. The molecule has 6 heteroatoms. The molecule has 174 valence electrons. The van der Waals surface area contributed by atoms with Crippen molar-refractivity contribution in [3.05, 3.63) is 106 Å².